The molecule has 2 fully saturated rings. The second kappa shape index (κ2) is 13.1. The molecule has 0 radical (unpaired) electrons. The molecule has 236 valence electrons. The average molecular weight is 703 g/mol. The number of rotatable bonds is 4. The monoisotopic (exact) mass is 701 g/mol. The highest BCUT2D eigenvalue weighted by atomic mass is 79.9. The van der Waals surface area contributed by atoms with Crippen molar-refractivity contribution in [3.63, 3.8) is 0 Å². The molecule has 0 aromatic carbocycles. The predicted molar refractivity (Wildman–Crippen MR) is 161 cm³/mol. The van der Waals surface area contributed by atoms with Crippen molar-refractivity contribution < 1.29 is 32.3 Å². The van der Waals surface area contributed by atoms with Crippen LogP contribution in [0.2, 0.25) is 5.15 Å². The van der Waals surface area contributed by atoms with Gasteiger partial charge in [0.25, 0.3) is 21.8 Å². The fourth-order valence-electron chi connectivity index (χ4n) is 5.32. The summed E-state index contributed by atoms with van der Waals surface area (Å²) in [5, 5.41) is 5.55. The van der Waals surface area contributed by atoms with Gasteiger partial charge < -0.3 is 20.3 Å². The first-order valence-electron chi connectivity index (χ1n) is 14.3. The number of nitrogens with zero attached hydrogens (tertiary/aromatic N) is 2. The van der Waals surface area contributed by atoms with Gasteiger partial charge in [-0.3, -0.25) is 14.4 Å². The summed E-state index contributed by atoms with van der Waals surface area (Å²) in [5.41, 5.74) is -2.08. The number of carbonyl (C=O) groups excluding carboxylic acids is 4. The smallest absolute Gasteiger partial charge is 0.408 e. The number of aromatic nitrogens is 1. The second-order valence-corrected chi connectivity index (χ2v) is 15.1. The molecule has 15 heteroatoms. The van der Waals surface area contributed by atoms with Crippen LogP contribution in [0.3, 0.4) is 0 Å². The Morgan fingerprint density at radius 1 is 1.19 bits per heavy atom. The number of nitrogens with one attached hydrogen (secondary N) is 3. The first-order valence-corrected chi connectivity index (χ1v) is 16.9. The molecule has 4 atom stereocenters. The first-order chi connectivity index (χ1) is 20.1. The maximum Gasteiger partial charge on any atom is 0.408 e. The summed E-state index contributed by atoms with van der Waals surface area (Å²) in [7, 11) is -4.35. The number of hydrogen-bond acceptors (Lipinski definition) is 8. The van der Waals surface area contributed by atoms with Crippen LogP contribution in [0.25, 0.3) is 0 Å². The Bertz CT molecular complexity index is 1420. The Morgan fingerprint density at radius 3 is 2.63 bits per heavy atom. The first kappa shape index (κ1) is 33.2. The van der Waals surface area contributed by atoms with Crippen molar-refractivity contribution >= 4 is 61.4 Å². The minimum absolute atomic E-state index is 0.0588. The molecule has 4 rings (SSSR count). The SMILES string of the molecule is CC(C)(C)NC(=O)O[C@H]1CCCCCC=C[C@@H]2C[C@@]2(C(=O)NS(=O)(=O)c2cnc(Cl)c(Br)c2)NC(=O)[C@@H]2CCCN2C1=O. The highest BCUT2D eigenvalue weighted by molar-refractivity contribution is 9.10. The fraction of sp³-hybridized carbons (Fsp3) is 0.607. The molecule has 43 heavy (non-hydrogen) atoms. The molecule has 1 aliphatic carbocycles. The van der Waals surface area contributed by atoms with E-state index in [1.807, 2.05) is 12.2 Å². The lowest BCUT2D eigenvalue weighted by molar-refractivity contribution is -0.146. The summed E-state index contributed by atoms with van der Waals surface area (Å²) in [4.78, 5) is 58.4. The van der Waals surface area contributed by atoms with Crippen molar-refractivity contribution in [1.29, 1.82) is 0 Å². The number of ether oxygens (including phenoxy) is 1. The molecule has 1 aromatic heterocycles. The Morgan fingerprint density at radius 2 is 1.93 bits per heavy atom. The number of allylic oxidation sites excluding steroid dienone is 1. The van der Waals surface area contributed by atoms with Gasteiger partial charge >= 0.3 is 6.09 Å². The van der Waals surface area contributed by atoms with Gasteiger partial charge in [-0.2, -0.15) is 0 Å². The van der Waals surface area contributed by atoms with Crippen molar-refractivity contribution in [2.75, 3.05) is 6.54 Å². The molecule has 3 aliphatic rings. The summed E-state index contributed by atoms with van der Waals surface area (Å²) in [6, 6.07) is 0.321. The topological polar surface area (TPSA) is 164 Å². The van der Waals surface area contributed by atoms with E-state index < -0.39 is 63.0 Å². The Labute approximate surface area is 264 Å². The Hall–Kier alpha value is -2.71. The van der Waals surface area contributed by atoms with Crippen LogP contribution in [-0.4, -0.2) is 71.9 Å². The summed E-state index contributed by atoms with van der Waals surface area (Å²) in [6.07, 6.45) is 7.27. The molecule has 3 heterocycles. The number of sulfonamides is 1. The molecule has 2 aliphatic heterocycles. The molecule has 0 unspecified atom stereocenters. The van der Waals surface area contributed by atoms with Gasteiger partial charge in [0.05, 0.1) is 4.47 Å². The largest absolute Gasteiger partial charge is 0.436 e. The summed E-state index contributed by atoms with van der Waals surface area (Å²) in [6.45, 7) is 5.69. The van der Waals surface area contributed by atoms with Crippen LogP contribution in [0, 0.1) is 5.92 Å². The molecular weight excluding hydrogens is 666 g/mol. The van der Waals surface area contributed by atoms with E-state index in [1.54, 1.807) is 20.8 Å². The molecule has 1 aromatic rings. The molecule has 4 amide bonds. The van der Waals surface area contributed by atoms with Crippen LogP contribution in [0.5, 0.6) is 0 Å². The zero-order valence-electron chi connectivity index (χ0n) is 24.3. The van der Waals surface area contributed by atoms with Crippen molar-refractivity contribution in [1.82, 2.24) is 25.2 Å². The van der Waals surface area contributed by atoms with Crippen LogP contribution in [0.4, 0.5) is 4.79 Å². The van der Waals surface area contributed by atoms with Gasteiger partial charge in [0.15, 0.2) is 6.10 Å². The highest BCUT2D eigenvalue weighted by Gasteiger charge is 2.61. The average Bonchev–Trinajstić information content (AvgIpc) is 3.36. The summed E-state index contributed by atoms with van der Waals surface area (Å²) in [5.74, 6) is -2.36. The number of fused-ring (bicyclic) bond motifs is 2. The highest BCUT2D eigenvalue weighted by Crippen LogP contribution is 2.46. The van der Waals surface area contributed by atoms with Crippen molar-refractivity contribution in [2.45, 2.75) is 100 Å². The van der Waals surface area contributed by atoms with Crippen LogP contribution in [0.15, 0.2) is 33.8 Å². The lowest BCUT2D eigenvalue weighted by Gasteiger charge is -2.30. The fourth-order valence-corrected chi connectivity index (χ4v) is 6.93. The van der Waals surface area contributed by atoms with E-state index in [0.29, 0.717) is 32.1 Å². The van der Waals surface area contributed by atoms with Crippen LogP contribution in [0.1, 0.15) is 72.1 Å². The maximum absolute atomic E-state index is 13.7. The van der Waals surface area contributed by atoms with E-state index in [-0.39, 0.29) is 27.5 Å². The molecule has 12 nitrogen and oxygen atoms in total. The summed E-state index contributed by atoms with van der Waals surface area (Å²) < 4.78 is 34.0. The molecule has 0 bridgehead atoms. The van der Waals surface area contributed by atoms with Crippen LogP contribution < -0.4 is 15.4 Å². The van der Waals surface area contributed by atoms with Gasteiger partial charge in [0.2, 0.25) is 5.91 Å². The number of halogens is 2. The van der Waals surface area contributed by atoms with Crippen LogP contribution in [-0.2, 0) is 29.1 Å². The Kier molecular flexibility index (Phi) is 10.1. The van der Waals surface area contributed by atoms with E-state index in [4.69, 9.17) is 16.3 Å². The zero-order chi connectivity index (χ0) is 31.6. The van der Waals surface area contributed by atoms with Crippen molar-refractivity contribution in [3.05, 3.63) is 34.0 Å². The summed E-state index contributed by atoms with van der Waals surface area (Å²) >= 11 is 9.02. The van der Waals surface area contributed by atoms with Gasteiger partial charge in [-0.25, -0.2) is 22.9 Å². The van der Waals surface area contributed by atoms with E-state index >= 15 is 0 Å². The van der Waals surface area contributed by atoms with Crippen molar-refractivity contribution in [2.24, 2.45) is 5.92 Å². The Balaban J connectivity index is 1.57. The number of carbonyl (C=O) groups is 4. The van der Waals surface area contributed by atoms with E-state index in [9.17, 15) is 27.6 Å². The molecule has 1 saturated carbocycles. The number of pyridine rings is 1. The predicted octanol–water partition coefficient (Wildman–Crippen LogP) is 3.58. The third-order valence-corrected chi connectivity index (χ3v) is 10.1. The third kappa shape index (κ3) is 8.07. The van der Waals surface area contributed by atoms with E-state index in [2.05, 4.69) is 36.3 Å². The number of alkyl carbamates (subject to hydrolysis) is 1. The normalized spacial score (nSPS) is 26.7. The van der Waals surface area contributed by atoms with Gasteiger partial charge in [0.1, 0.15) is 21.6 Å². The van der Waals surface area contributed by atoms with Gasteiger partial charge in [0, 0.05) is 24.2 Å². The third-order valence-electron chi connectivity index (χ3n) is 7.62. The number of hydrogen-bond donors (Lipinski definition) is 3. The van der Waals surface area contributed by atoms with Gasteiger partial charge in [-0.15, -0.1) is 0 Å². The second-order valence-electron chi connectivity index (χ2n) is 12.2. The number of amides is 4. The van der Waals surface area contributed by atoms with Gasteiger partial charge in [-0.1, -0.05) is 30.2 Å². The van der Waals surface area contributed by atoms with E-state index in [0.717, 1.165) is 19.0 Å². The lowest BCUT2D eigenvalue weighted by atomic mass is 10.1. The van der Waals surface area contributed by atoms with E-state index in [1.165, 1.54) is 11.0 Å². The molecule has 0 spiro atoms. The van der Waals surface area contributed by atoms with Gasteiger partial charge in [-0.05, 0) is 87.7 Å². The maximum atomic E-state index is 13.7. The van der Waals surface area contributed by atoms with Crippen molar-refractivity contribution in [3.8, 4) is 0 Å². The lowest BCUT2D eigenvalue weighted by Crippen LogP contribution is -2.57. The molecule has 1 saturated heterocycles. The zero-order valence-corrected chi connectivity index (χ0v) is 27.5. The minimum Gasteiger partial charge on any atom is -0.436 e. The minimum atomic E-state index is -4.35. The molecular formula is C28H37BrClN5O7S. The van der Waals surface area contributed by atoms with Crippen LogP contribution >= 0.6 is 27.5 Å². The quantitative estimate of drug-likeness (QED) is 0.317. The standard InChI is InChI=1S/C28H37BrClN5O7S/c1-27(2,3)33-26(39)42-21-12-8-6-4-5-7-10-17-15-28(17,32-23(36)20-11-9-13-35(20)24(21)37)25(38)34-43(40,41)18-14-19(29)22(30)31-16-18/h7,10,14,16-17,20-21H,4-6,8-9,11-13,15H2,1-3H3,(H,32,36)(H,33,39)(H,34,38)/t17-,20+,21+,28-/m1/s1. The molecule has 3 N–H and O–H groups in total.